The number of benzene rings is 1. The lowest BCUT2D eigenvalue weighted by Crippen LogP contribution is -2.40. The second kappa shape index (κ2) is 4.26. The summed E-state index contributed by atoms with van der Waals surface area (Å²) in [5, 5.41) is 14.4. The molecule has 0 radical (unpaired) electrons. The summed E-state index contributed by atoms with van der Waals surface area (Å²) in [7, 11) is 0. The monoisotopic (exact) mass is 278 g/mol. The first-order valence-electron chi connectivity index (χ1n) is 6.27. The van der Waals surface area contributed by atoms with Crippen LogP contribution in [0.4, 0.5) is 0 Å². The molecule has 1 fully saturated rings. The zero-order chi connectivity index (χ0) is 12.8. The molecule has 18 heavy (non-hydrogen) atoms. The standard InChI is InChI=1S/C15H18OS2/c1-14(2)8-15(16,10-17-9-14)12-5-3-4-11-6-7-18-13(11)12/h3-7,16H,8-10H2,1-2H3. The highest BCUT2D eigenvalue weighted by molar-refractivity contribution is 7.99. The van der Waals surface area contributed by atoms with Crippen molar-refractivity contribution in [2.75, 3.05) is 11.5 Å². The van der Waals surface area contributed by atoms with E-state index in [1.807, 2.05) is 11.8 Å². The third-order valence-corrected chi connectivity index (χ3v) is 6.22. The minimum atomic E-state index is -0.670. The van der Waals surface area contributed by atoms with E-state index in [1.54, 1.807) is 11.3 Å². The number of thioether (sulfide) groups is 1. The summed E-state index contributed by atoms with van der Waals surface area (Å²) in [6.07, 6.45) is 0.851. The van der Waals surface area contributed by atoms with E-state index in [-0.39, 0.29) is 5.41 Å². The molecule has 1 atom stereocenters. The molecular weight excluding hydrogens is 260 g/mol. The molecule has 1 aromatic carbocycles. The van der Waals surface area contributed by atoms with Crippen molar-refractivity contribution in [3.05, 3.63) is 35.2 Å². The fraction of sp³-hybridized carbons (Fsp3) is 0.467. The SMILES string of the molecule is CC1(C)CSCC(O)(c2cccc3ccsc23)C1. The van der Waals surface area contributed by atoms with Crippen molar-refractivity contribution in [3.63, 3.8) is 0 Å². The van der Waals surface area contributed by atoms with E-state index in [0.29, 0.717) is 0 Å². The third kappa shape index (κ3) is 2.09. The number of fused-ring (bicyclic) bond motifs is 1. The van der Waals surface area contributed by atoms with Crippen LogP contribution in [0.2, 0.25) is 0 Å². The molecule has 3 rings (SSSR count). The maximum atomic E-state index is 11.1. The largest absolute Gasteiger partial charge is 0.384 e. The normalized spacial score (nSPS) is 27.5. The molecule has 1 aromatic heterocycles. The predicted octanol–water partition coefficient (Wildman–Crippen LogP) is 4.25. The van der Waals surface area contributed by atoms with Gasteiger partial charge in [-0.15, -0.1) is 11.3 Å². The highest BCUT2D eigenvalue weighted by atomic mass is 32.2. The van der Waals surface area contributed by atoms with Crippen molar-refractivity contribution in [2.45, 2.75) is 25.9 Å². The van der Waals surface area contributed by atoms with Gasteiger partial charge < -0.3 is 5.11 Å². The Morgan fingerprint density at radius 1 is 1.17 bits per heavy atom. The van der Waals surface area contributed by atoms with Crippen LogP contribution in [0.15, 0.2) is 29.6 Å². The Bertz CT molecular complexity index is 573. The molecular formula is C15H18OS2. The van der Waals surface area contributed by atoms with Crippen LogP contribution >= 0.6 is 23.1 Å². The summed E-state index contributed by atoms with van der Waals surface area (Å²) in [5.41, 5.74) is 0.656. The van der Waals surface area contributed by atoms with Gasteiger partial charge in [0.1, 0.15) is 5.60 Å². The molecule has 96 valence electrons. The predicted molar refractivity (Wildman–Crippen MR) is 81.4 cm³/mol. The summed E-state index contributed by atoms with van der Waals surface area (Å²) in [4.78, 5) is 0. The smallest absolute Gasteiger partial charge is 0.101 e. The fourth-order valence-electron chi connectivity index (χ4n) is 2.92. The maximum absolute atomic E-state index is 11.1. The van der Waals surface area contributed by atoms with Crippen molar-refractivity contribution in [1.82, 2.24) is 0 Å². The molecule has 1 aliphatic rings. The zero-order valence-electron chi connectivity index (χ0n) is 10.8. The van der Waals surface area contributed by atoms with Crippen molar-refractivity contribution < 1.29 is 5.11 Å². The molecule has 1 N–H and O–H groups in total. The van der Waals surface area contributed by atoms with Crippen molar-refractivity contribution in [2.24, 2.45) is 5.41 Å². The minimum absolute atomic E-state index is 0.205. The third-order valence-electron chi connectivity index (χ3n) is 3.58. The van der Waals surface area contributed by atoms with E-state index >= 15 is 0 Å². The Labute approximate surface area is 116 Å². The highest BCUT2D eigenvalue weighted by Crippen LogP contribution is 2.46. The molecule has 3 heteroatoms. The molecule has 0 amide bonds. The molecule has 2 heterocycles. The van der Waals surface area contributed by atoms with E-state index in [2.05, 4.69) is 43.5 Å². The van der Waals surface area contributed by atoms with Crippen LogP contribution in [0.3, 0.4) is 0 Å². The van der Waals surface area contributed by atoms with Crippen LogP contribution in [0, 0.1) is 5.41 Å². The number of hydrogen-bond donors (Lipinski definition) is 1. The molecule has 1 aliphatic heterocycles. The van der Waals surface area contributed by atoms with Crippen LogP contribution < -0.4 is 0 Å². The lowest BCUT2D eigenvalue weighted by Gasteiger charge is -2.41. The number of aliphatic hydroxyl groups is 1. The first-order valence-corrected chi connectivity index (χ1v) is 8.31. The quantitative estimate of drug-likeness (QED) is 0.841. The van der Waals surface area contributed by atoms with Crippen molar-refractivity contribution in [1.29, 1.82) is 0 Å². The van der Waals surface area contributed by atoms with Crippen LogP contribution in [0.25, 0.3) is 10.1 Å². The second-order valence-electron chi connectivity index (χ2n) is 6.01. The first kappa shape index (κ1) is 12.5. The first-order chi connectivity index (χ1) is 8.50. The van der Waals surface area contributed by atoms with E-state index in [1.165, 1.54) is 10.1 Å². The van der Waals surface area contributed by atoms with Gasteiger partial charge in [-0.2, -0.15) is 11.8 Å². The second-order valence-corrected chi connectivity index (χ2v) is 7.91. The molecule has 1 nitrogen and oxygen atoms in total. The summed E-state index contributed by atoms with van der Waals surface area (Å²) < 4.78 is 1.25. The van der Waals surface area contributed by atoms with Gasteiger partial charge in [0, 0.05) is 16.0 Å². The van der Waals surface area contributed by atoms with E-state index in [9.17, 15) is 5.11 Å². The molecule has 0 saturated carbocycles. The number of rotatable bonds is 1. The average Bonchev–Trinajstić information content (AvgIpc) is 2.74. The van der Waals surface area contributed by atoms with E-state index in [0.717, 1.165) is 23.5 Å². The lowest BCUT2D eigenvalue weighted by atomic mass is 9.78. The Balaban J connectivity index is 2.10. The average molecular weight is 278 g/mol. The Kier molecular flexibility index (Phi) is 2.96. The summed E-state index contributed by atoms with van der Waals surface area (Å²) in [6, 6.07) is 8.42. The van der Waals surface area contributed by atoms with Crippen molar-refractivity contribution in [3.8, 4) is 0 Å². The number of hydrogen-bond acceptors (Lipinski definition) is 3. The Hall–Kier alpha value is -0.510. The Morgan fingerprint density at radius 2 is 2.00 bits per heavy atom. The van der Waals surface area contributed by atoms with Gasteiger partial charge in [0.25, 0.3) is 0 Å². The number of thiophene rings is 1. The molecule has 0 spiro atoms. The highest BCUT2D eigenvalue weighted by Gasteiger charge is 2.41. The van der Waals surface area contributed by atoms with Gasteiger partial charge >= 0.3 is 0 Å². The molecule has 2 aromatic rings. The minimum Gasteiger partial charge on any atom is -0.384 e. The summed E-state index contributed by atoms with van der Waals surface area (Å²) in [6.45, 7) is 4.50. The van der Waals surface area contributed by atoms with Crippen LogP contribution in [-0.4, -0.2) is 16.6 Å². The van der Waals surface area contributed by atoms with Gasteiger partial charge in [0.2, 0.25) is 0 Å². The van der Waals surface area contributed by atoms with Crippen LogP contribution in [0.5, 0.6) is 0 Å². The van der Waals surface area contributed by atoms with Gasteiger partial charge in [-0.3, -0.25) is 0 Å². The molecule has 1 saturated heterocycles. The van der Waals surface area contributed by atoms with E-state index < -0.39 is 5.60 Å². The van der Waals surface area contributed by atoms with Gasteiger partial charge in [0.15, 0.2) is 0 Å². The van der Waals surface area contributed by atoms with Gasteiger partial charge in [-0.1, -0.05) is 32.0 Å². The Morgan fingerprint density at radius 3 is 2.78 bits per heavy atom. The van der Waals surface area contributed by atoms with Crippen LogP contribution in [-0.2, 0) is 5.60 Å². The van der Waals surface area contributed by atoms with E-state index in [4.69, 9.17) is 0 Å². The summed E-state index contributed by atoms with van der Waals surface area (Å²) >= 11 is 3.61. The zero-order valence-corrected chi connectivity index (χ0v) is 12.4. The molecule has 0 aliphatic carbocycles. The van der Waals surface area contributed by atoms with Gasteiger partial charge in [-0.05, 0) is 34.4 Å². The topological polar surface area (TPSA) is 20.2 Å². The lowest BCUT2D eigenvalue weighted by molar-refractivity contribution is 0.0171. The molecule has 1 unspecified atom stereocenters. The van der Waals surface area contributed by atoms with Gasteiger partial charge in [0.05, 0.1) is 0 Å². The summed E-state index contributed by atoms with van der Waals surface area (Å²) in [5.74, 6) is 1.95. The van der Waals surface area contributed by atoms with Crippen molar-refractivity contribution >= 4 is 33.2 Å². The molecule has 0 bridgehead atoms. The fourth-order valence-corrected chi connectivity index (χ4v) is 5.28. The maximum Gasteiger partial charge on any atom is 0.101 e. The van der Waals surface area contributed by atoms with Crippen LogP contribution in [0.1, 0.15) is 25.8 Å². The van der Waals surface area contributed by atoms with Gasteiger partial charge in [-0.25, -0.2) is 0 Å².